The number of nitrogens with zero attached hydrogens (tertiary/aromatic N) is 2. The van der Waals surface area contributed by atoms with Gasteiger partial charge in [-0.25, -0.2) is 4.90 Å². The number of anilines is 4. The number of benzene rings is 8. The Balaban J connectivity index is 1.21. The molecule has 0 aliphatic carbocycles. The standard InChI is InChI=1S/C62H68N2O2/c1-11-13-15-37-61(7,8)41-23-27-43(28-24-41)63(44-29-25-42(26-30-44)62(9,10)38-16-14-12-2)54-36-35-48-50-32-34-53-57-52(33-31-49(56(50)57)47-21-18-22-51(54)55(47)48)59(65)64(60(53)66)58-45(39(3)4)19-17-20-46(58)40(5)6/h17-36,39-40H,11-16,37-38H2,1-10H3. The smallest absolute Gasteiger partial charge is 0.266 e. The van der Waals surface area contributed by atoms with Crippen LogP contribution in [-0.4, -0.2) is 11.8 Å². The first kappa shape index (κ1) is 45.2. The number of carbonyl (C=O) groups is 2. The lowest BCUT2D eigenvalue weighted by molar-refractivity contribution is 0.0893. The summed E-state index contributed by atoms with van der Waals surface area (Å²) in [5, 5.41) is 8.40. The third-order valence-corrected chi connectivity index (χ3v) is 15.1. The van der Waals surface area contributed by atoms with Gasteiger partial charge in [-0.15, -0.1) is 0 Å². The minimum atomic E-state index is -0.257. The molecule has 8 aromatic rings. The average molecular weight is 873 g/mol. The lowest BCUT2D eigenvalue weighted by atomic mass is 9.80. The van der Waals surface area contributed by atoms with Crippen molar-refractivity contribution < 1.29 is 9.59 Å². The number of fused-ring (bicyclic) bond motifs is 2. The van der Waals surface area contributed by atoms with Gasteiger partial charge >= 0.3 is 0 Å². The zero-order valence-corrected chi connectivity index (χ0v) is 41.1. The van der Waals surface area contributed by atoms with Crippen LogP contribution in [0.4, 0.5) is 22.7 Å². The molecule has 0 atom stereocenters. The zero-order valence-electron chi connectivity index (χ0n) is 41.1. The van der Waals surface area contributed by atoms with E-state index in [1.54, 1.807) is 0 Å². The van der Waals surface area contributed by atoms with Gasteiger partial charge in [0.2, 0.25) is 0 Å². The normalized spacial score (nSPS) is 13.5. The maximum absolute atomic E-state index is 14.9. The van der Waals surface area contributed by atoms with Crippen LogP contribution < -0.4 is 9.80 Å². The number of hydrogen-bond donors (Lipinski definition) is 0. The van der Waals surface area contributed by atoms with Crippen molar-refractivity contribution in [2.45, 2.75) is 143 Å². The third-order valence-electron chi connectivity index (χ3n) is 15.1. The topological polar surface area (TPSA) is 40.6 Å². The monoisotopic (exact) mass is 873 g/mol. The van der Waals surface area contributed by atoms with E-state index in [9.17, 15) is 9.59 Å². The van der Waals surface area contributed by atoms with E-state index >= 15 is 0 Å². The van der Waals surface area contributed by atoms with E-state index in [1.807, 2.05) is 18.2 Å². The summed E-state index contributed by atoms with van der Waals surface area (Å²) in [7, 11) is 0. The van der Waals surface area contributed by atoms with E-state index < -0.39 is 0 Å². The van der Waals surface area contributed by atoms with Crippen LogP contribution in [0.1, 0.15) is 175 Å². The first-order chi connectivity index (χ1) is 31.7. The number of hydrogen-bond acceptors (Lipinski definition) is 3. The molecule has 0 bridgehead atoms. The average Bonchev–Trinajstić information content (AvgIpc) is 3.31. The van der Waals surface area contributed by atoms with Crippen molar-refractivity contribution in [1.82, 2.24) is 0 Å². The number of unbranched alkanes of at least 4 members (excludes halogenated alkanes) is 4. The van der Waals surface area contributed by atoms with E-state index in [0.29, 0.717) is 11.1 Å². The molecule has 0 spiro atoms. The second-order valence-electron chi connectivity index (χ2n) is 21.1. The lowest BCUT2D eigenvalue weighted by Crippen LogP contribution is -2.41. The molecule has 9 rings (SSSR count). The van der Waals surface area contributed by atoms with Crippen molar-refractivity contribution in [2.24, 2.45) is 0 Å². The van der Waals surface area contributed by atoms with Gasteiger partial charge in [0.05, 0.1) is 11.4 Å². The zero-order chi connectivity index (χ0) is 46.7. The van der Waals surface area contributed by atoms with Crippen LogP contribution >= 0.6 is 0 Å². The second kappa shape index (κ2) is 17.7. The van der Waals surface area contributed by atoms with Crippen LogP contribution in [0.2, 0.25) is 0 Å². The molecule has 0 unspecified atom stereocenters. The number of carbonyl (C=O) groups excluding carboxylic acids is 2. The van der Waals surface area contributed by atoms with Gasteiger partial charge in [0.15, 0.2) is 0 Å². The first-order valence-corrected chi connectivity index (χ1v) is 24.9. The summed E-state index contributed by atoms with van der Waals surface area (Å²) < 4.78 is 0. The molecule has 1 aliphatic heterocycles. The van der Waals surface area contributed by atoms with Crippen LogP contribution in [0.3, 0.4) is 0 Å². The Bertz CT molecular complexity index is 2930. The molecule has 0 saturated carbocycles. The largest absolute Gasteiger partial charge is 0.310 e. The molecular formula is C62H68N2O2. The number of para-hydroxylation sites is 1. The van der Waals surface area contributed by atoms with E-state index in [4.69, 9.17) is 0 Å². The first-order valence-electron chi connectivity index (χ1n) is 24.9. The van der Waals surface area contributed by atoms with Crippen molar-refractivity contribution in [3.05, 3.63) is 155 Å². The minimum Gasteiger partial charge on any atom is -0.310 e. The molecule has 0 saturated heterocycles. The van der Waals surface area contributed by atoms with Crippen molar-refractivity contribution in [3.63, 3.8) is 0 Å². The summed E-state index contributed by atoms with van der Waals surface area (Å²) in [6.45, 7) is 22.6. The Hall–Kier alpha value is -6.00. The maximum Gasteiger partial charge on any atom is 0.266 e. The summed E-state index contributed by atoms with van der Waals surface area (Å²) in [6.07, 6.45) is 9.76. The fraction of sp³-hybridized carbons (Fsp3) is 0.355. The summed E-state index contributed by atoms with van der Waals surface area (Å²) >= 11 is 0. The van der Waals surface area contributed by atoms with Gasteiger partial charge in [0.1, 0.15) is 0 Å². The molecule has 0 N–H and O–H groups in total. The summed E-state index contributed by atoms with van der Waals surface area (Å²) in [6, 6.07) is 44.2. The maximum atomic E-state index is 14.9. The van der Waals surface area contributed by atoms with E-state index in [2.05, 4.69) is 177 Å². The van der Waals surface area contributed by atoms with Crippen LogP contribution in [0, 0.1) is 0 Å². The minimum absolute atomic E-state index is 0.0848. The fourth-order valence-corrected chi connectivity index (χ4v) is 11.1. The van der Waals surface area contributed by atoms with E-state index in [1.165, 1.54) is 59.9 Å². The van der Waals surface area contributed by atoms with Gasteiger partial charge in [-0.1, -0.05) is 187 Å². The quantitative estimate of drug-likeness (QED) is 0.0420. The molecule has 1 heterocycles. The highest BCUT2D eigenvalue weighted by Gasteiger charge is 2.38. The van der Waals surface area contributed by atoms with Crippen LogP contribution in [0.25, 0.3) is 43.1 Å². The number of rotatable bonds is 16. The van der Waals surface area contributed by atoms with Gasteiger partial charge in [0, 0.05) is 33.3 Å². The number of imide groups is 1. The van der Waals surface area contributed by atoms with Crippen LogP contribution in [-0.2, 0) is 10.8 Å². The highest BCUT2D eigenvalue weighted by molar-refractivity contribution is 6.42. The second-order valence-corrected chi connectivity index (χ2v) is 21.1. The molecule has 1 aliphatic rings. The molecule has 4 heteroatoms. The molecule has 0 aromatic heterocycles. The Morgan fingerprint density at radius 1 is 0.470 bits per heavy atom. The van der Waals surface area contributed by atoms with E-state index in [-0.39, 0.29) is 34.5 Å². The molecule has 2 amide bonds. The van der Waals surface area contributed by atoms with Crippen molar-refractivity contribution in [2.75, 3.05) is 9.80 Å². The van der Waals surface area contributed by atoms with Gasteiger partial charge in [-0.2, -0.15) is 0 Å². The predicted octanol–water partition coefficient (Wildman–Crippen LogP) is 18.0. The summed E-state index contributed by atoms with van der Waals surface area (Å²) in [5.41, 5.74) is 10.1. The highest BCUT2D eigenvalue weighted by Crippen LogP contribution is 2.49. The third kappa shape index (κ3) is 7.65. The van der Waals surface area contributed by atoms with Crippen LogP contribution in [0.15, 0.2) is 121 Å². The van der Waals surface area contributed by atoms with Crippen molar-refractivity contribution >= 4 is 77.7 Å². The van der Waals surface area contributed by atoms with Gasteiger partial charge in [-0.05, 0) is 133 Å². The fourth-order valence-electron chi connectivity index (χ4n) is 11.1. The Morgan fingerprint density at radius 3 is 1.36 bits per heavy atom. The van der Waals surface area contributed by atoms with Crippen LogP contribution in [0.5, 0.6) is 0 Å². The SMILES string of the molecule is CCCCCC(C)(C)c1ccc(N(c2ccc(C(C)(C)CCCCC)cc2)c2ccc3c4ccc5c6c(ccc(c7cccc2c73)c64)C(=O)N(c2c(C(C)C)cccc2C(C)C)C5=O)cc1. The molecule has 4 nitrogen and oxygen atoms in total. The molecule has 66 heavy (non-hydrogen) atoms. The summed E-state index contributed by atoms with van der Waals surface area (Å²) in [4.78, 5) is 33.7. The van der Waals surface area contributed by atoms with Crippen molar-refractivity contribution in [3.8, 4) is 0 Å². The van der Waals surface area contributed by atoms with Gasteiger partial charge < -0.3 is 4.90 Å². The predicted molar refractivity (Wildman–Crippen MR) is 282 cm³/mol. The van der Waals surface area contributed by atoms with Gasteiger partial charge in [-0.3, -0.25) is 9.59 Å². The molecule has 338 valence electrons. The molecule has 0 fully saturated rings. The highest BCUT2D eigenvalue weighted by atomic mass is 16.2. The molecule has 8 aromatic carbocycles. The molecular weight excluding hydrogens is 805 g/mol. The van der Waals surface area contributed by atoms with Gasteiger partial charge in [0.25, 0.3) is 11.8 Å². The summed E-state index contributed by atoms with van der Waals surface area (Å²) in [5.74, 6) is -0.251. The Morgan fingerprint density at radius 2 is 0.894 bits per heavy atom. The Kier molecular flexibility index (Phi) is 12.1. The van der Waals surface area contributed by atoms with Crippen molar-refractivity contribution in [1.29, 1.82) is 0 Å². The van der Waals surface area contributed by atoms with E-state index in [0.717, 1.165) is 84.4 Å². The number of amides is 2. The lowest BCUT2D eigenvalue weighted by Gasteiger charge is -2.33. The Labute approximate surface area is 393 Å². The molecule has 0 radical (unpaired) electrons.